The van der Waals surface area contributed by atoms with E-state index in [4.69, 9.17) is 4.74 Å². The average molecular weight is 271 g/mol. The Morgan fingerprint density at radius 1 is 1.21 bits per heavy atom. The fraction of sp³-hybridized carbons (Fsp3) is 0.600. The lowest BCUT2D eigenvalue weighted by atomic mass is 10.0. The molecule has 0 saturated carbocycles. The van der Waals surface area contributed by atoms with E-state index in [-0.39, 0.29) is 6.04 Å². The lowest BCUT2D eigenvalue weighted by Gasteiger charge is -2.20. The molecule has 1 aromatic rings. The minimum Gasteiger partial charge on any atom is -0.382 e. The van der Waals surface area contributed by atoms with E-state index in [0.29, 0.717) is 30.8 Å². The van der Waals surface area contributed by atoms with Crippen molar-refractivity contribution in [2.45, 2.75) is 39.7 Å². The van der Waals surface area contributed by atoms with Crippen LogP contribution in [0.5, 0.6) is 0 Å². The average Bonchev–Trinajstić information content (AvgIpc) is 2.41. The molecule has 0 bridgehead atoms. The number of hydrogen-bond donors (Lipinski definition) is 1. The molecule has 1 rings (SSSR count). The third kappa shape index (κ3) is 4.55. The summed E-state index contributed by atoms with van der Waals surface area (Å²) >= 11 is 0. The van der Waals surface area contributed by atoms with E-state index < -0.39 is 11.6 Å². The van der Waals surface area contributed by atoms with E-state index in [2.05, 4.69) is 5.32 Å². The van der Waals surface area contributed by atoms with Crippen molar-refractivity contribution in [3.05, 3.63) is 34.9 Å². The standard InChI is InChI=1S/C15H23F2NO/c1-4-9-18-13(8-10-19-5-2)12-7-6-11(3)14(16)15(12)17/h6-7,13,18H,4-5,8-10H2,1-3H3. The highest BCUT2D eigenvalue weighted by molar-refractivity contribution is 5.27. The first-order valence-corrected chi connectivity index (χ1v) is 6.87. The highest BCUT2D eigenvalue weighted by Crippen LogP contribution is 2.24. The van der Waals surface area contributed by atoms with Gasteiger partial charge in [0.1, 0.15) is 0 Å². The third-order valence-electron chi connectivity index (χ3n) is 3.08. The van der Waals surface area contributed by atoms with Crippen LogP contribution >= 0.6 is 0 Å². The Morgan fingerprint density at radius 3 is 2.58 bits per heavy atom. The second-order valence-corrected chi connectivity index (χ2v) is 4.59. The number of hydrogen-bond acceptors (Lipinski definition) is 2. The molecule has 4 heteroatoms. The topological polar surface area (TPSA) is 21.3 Å². The fourth-order valence-corrected chi connectivity index (χ4v) is 1.96. The van der Waals surface area contributed by atoms with Crippen LogP contribution in [0.15, 0.2) is 12.1 Å². The number of rotatable bonds is 8. The maximum Gasteiger partial charge on any atom is 0.163 e. The number of aryl methyl sites for hydroxylation is 1. The minimum absolute atomic E-state index is 0.207. The monoisotopic (exact) mass is 271 g/mol. The summed E-state index contributed by atoms with van der Waals surface area (Å²) in [7, 11) is 0. The van der Waals surface area contributed by atoms with E-state index in [9.17, 15) is 8.78 Å². The molecule has 108 valence electrons. The van der Waals surface area contributed by atoms with Gasteiger partial charge in [-0.25, -0.2) is 8.78 Å². The van der Waals surface area contributed by atoms with Crippen LogP contribution < -0.4 is 5.32 Å². The van der Waals surface area contributed by atoms with Crippen molar-refractivity contribution in [2.75, 3.05) is 19.8 Å². The predicted molar refractivity (Wildman–Crippen MR) is 73.2 cm³/mol. The summed E-state index contributed by atoms with van der Waals surface area (Å²) in [6.45, 7) is 7.46. The Hall–Kier alpha value is -1.00. The summed E-state index contributed by atoms with van der Waals surface area (Å²) in [5.74, 6) is -1.50. The second-order valence-electron chi connectivity index (χ2n) is 4.59. The van der Waals surface area contributed by atoms with E-state index >= 15 is 0 Å². The Balaban J connectivity index is 2.86. The van der Waals surface area contributed by atoms with E-state index in [1.54, 1.807) is 19.1 Å². The van der Waals surface area contributed by atoms with Crippen LogP contribution in [0.2, 0.25) is 0 Å². The van der Waals surface area contributed by atoms with Crippen LogP contribution in [0.4, 0.5) is 8.78 Å². The van der Waals surface area contributed by atoms with Crippen molar-refractivity contribution in [3.8, 4) is 0 Å². The van der Waals surface area contributed by atoms with E-state index in [1.807, 2.05) is 13.8 Å². The normalized spacial score (nSPS) is 12.7. The largest absolute Gasteiger partial charge is 0.382 e. The van der Waals surface area contributed by atoms with Gasteiger partial charge in [0.2, 0.25) is 0 Å². The zero-order chi connectivity index (χ0) is 14.3. The van der Waals surface area contributed by atoms with Crippen molar-refractivity contribution in [1.82, 2.24) is 5.32 Å². The number of ether oxygens (including phenoxy) is 1. The molecule has 1 unspecified atom stereocenters. The molecule has 0 aromatic heterocycles. The maximum absolute atomic E-state index is 14.0. The fourth-order valence-electron chi connectivity index (χ4n) is 1.96. The summed E-state index contributed by atoms with van der Waals surface area (Å²) in [5, 5.41) is 3.25. The van der Waals surface area contributed by atoms with Crippen LogP contribution in [0.3, 0.4) is 0 Å². The molecule has 0 heterocycles. The van der Waals surface area contributed by atoms with Gasteiger partial charge >= 0.3 is 0 Å². The Bertz CT molecular complexity index is 396. The maximum atomic E-state index is 14.0. The molecule has 0 aliphatic heterocycles. The van der Waals surface area contributed by atoms with Gasteiger partial charge in [-0.15, -0.1) is 0 Å². The highest BCUT2D eigenvalue weighted by Gasteiger charge is 2.18. The first-order chi connectivity index (χ1) is 9.11. The van der Waals surface area contributed by atoms with Gasteiger partial charge in [-0.1, -0.05) is 19.1 Å². The van der Waals surface area contributed by atoms with Gasteiger partial charge in [0.15, 0.2) is 11.6 Å². The summed E-state index contributed by atoms with van der Waals surface area (Å²) in [6, 6.07) is 3.07. The summed E-state index contributed by atoms with van der Waals surface area (Å²) in [4.78, 5) is 0. The molecule has 0 spiro atoms. The summed E-state index contributed by atoms with van der Waals surface area (Å²) in [5.41, 5.74) is 0.719. The van der Waals surface area contributed by atoms with Gasteiger partial charge in [-0.05, 0) is 38.8 Å². The zero-order valence-electron chi connectivity index (χ0n) is 11.9. The lowest BCUT2D eigenvalue weighted by Crippen LogP contribution is -2.25. The molecule has 0 fully saturated rings. The van der Waals surface area contributed by atoms with Crippen LogP contribution in [0.25, 0.3) is 0 Å². The smallest absolute Gasteiger partial charge is 0.163 e. The van der Waals surface area contributed by atoms with Gasteiger partial charge in [-0.3, -0.25) is 0 Å². The summed E-state index contributed by atoms with van der Waals surface area (Å²) in [6.07, 6.45) is 1.58. The lowest BCUT2D eigenvalue weighted by molar-refractivity contribution is 0.136. The van der Waals surface area contributed by atoms with Crippen LogP contribution in [-0.4, -0.2) is 19.8 Å². The number of benzene rings is 1. The molecule has 1 N–H and O–H groups in total. The zero-order valence-corrected chi connectivity index (χ0v) is 11.9. The molecule has 2 nitrogen and oxygen atoms in total. The molecule has 1 atom stereocenters. The van der Waals surface area contributed by atoms with E-state index in [1.165, 1.54) is 0 Å². The number of nitrogens with one attached hydrogen (secondary N) is 1. The molecule has 0 aliphatic rings. The molecule has 19 heavy (non-hydrogen) atoms. The van der Waals surface area contributed by atoms with Crippen LogP contribution in [0.1, 0.15) is 43.9 Å². The Labute approximate surface area is 114 Å². The van der Waals surface area contributed by atoms with Gasteiger partial charge < -0.3 is 10.1 Å². The molecular weight excluding hydrogens is 248 g/mol. The van der Waals surface area contributed by atoms with Crippen LogP contribution in [-0.2, 0) is 4.74 Å². The molecular formula is C15H23F2NO. The first kappa shape index (κ1) is 16.1. The van der Waals surface area contributed by atoms with Crippen LogP contribution in [0, 0.1) is 18.6 Å². The minimum atomic E-state index is -0.753. The Kier molecular flexibility index (Phi) is 6.95. The molecule has 0 radical (unpaired) electrons. The predicted octanol–water partition coefficient (Wildman–Crippen LogP) is 3.74. The SMILES string of the molecule is CCCNC(CCOCC)c1ccc(C)c(F)c1F. The van der Waals surface area contributed by atoms with Crippen molar-refractivity contribution in [3.63, 3.8) is 0 Å². The van der Waals surface area contributed by atoms with E-state index in [0.717, 1.165) is 13.0 Å². The first-order valence-electron chi connectivity index (χ1n) is 6.87. The van der Waals surface area contributed by atoms with Crippen molar-refractivity contribution in [1.29, 1.82) is 0 Å². The van der Waals surface area contributed by atoms with Crippen molar-refractivity contribution < 1.29 is 13.5 Å². The third-order valence-corrected chi connectivity index (χ3v) is 3.08. The second kappa shape index (κ2) is 8.23. The highest BCUT2D eigenvalue weighted by atomic mass is 19.2. The van der Waals surface area contributed by atoms with Crippen molar-refractivity contribution >= 4 is 0 Å². The quantitative estimate of drug-likeness (QED) is 0.727. The molecule has 0 aliphatic carbocycles. The molecule has 0 saturated heterocycles. The van der Waals surface area contributed by atoms with Crippen molar-refractivity contribution in [2.24, 2.45) is 0 Å². The van der Waals surface area contributed by atoms with Gasteiger partial charge in [0, 0.05) is 24.8 Å². The number of halogens is 2. The van der Waals surface area contributed by atoms with Gasteiger partial charge in [-0.2, -0.15) is 0 Å². The van der Waals surface area contributed by atoms with Gasteiger partial charge in [0.25, 0.3) is 0 Å². The summed E-state index contributed by atoms with van der Waals surface area (Å²) < 4.78 is 32.9. The van der Waals surface area contributed by atoms with Gasteiger partial charge in [0.05, 0.1) is 0 Å². The molecule has 1 aromatic carbocycles. The molecule has 0 amide bonds. The Morgan fingerprint density at radius 2 is 1.95 bits per heavy atom.